The van der Waals surface area contributed by atoms with Crippen LogP contribution in [0.2, 0.25) is 0 Å². The van der Waals surface area contributed by atoms with Crippen LogP contribution in [0, 0.1) is 5.82 Å². The van der Waals surface area contributed by atoms with Crippen molar-refractivity contribution in [1.82, 2.24) is 4.98 Å². The summed E-state index contributed by atoms with van der Waals surface area (Å²) in [6, 6.07) is 2.48. The summed E-state index contributed by atoms with van der Waals surface area (Å²) in [6.45, 7) is 0. The van der Waals surface area contributed by atoms with Crippen LogP contribution >= 0.6 is 15.9 Å². The third-order valence-corrected chi connectivity index (χ3v) is 2.60. The molecule has 0 fully saturated rings. The molecule has 0 saturated heterocycles. The van der Waals surface area contributed by atoms with Crippen molar-refractivity contribution in [3.63, 3.8) is 0 Å². The molecule has 72 valence electrons. The Morgan fingerprint density at radius 1 is 1.29 bits per heavy atom. The first kappa shape index (κ1) is 9.21. The van der Waals surface area contributed by atoms with E-state index in [-0.39, 0.29) is 21.4 Å². The van der Waals surface area contributed by atoms with Crippen molar-refractivity contribution in [3.8, 4) is 11.5 Å². The molecule has 2 N–H and O–H groups in total. The molecule has 3 nitrogen and oxygen atoms in total. The van der Waals surface area contributed by atoms with Crippen molar-refractivity contribution < 1.29 is 14.6 Å². The van der Waals surface area contributed by atoms with E-state index in [9.17, 15) is 9.50 Å². The molecule has 0 bridgehead atoms. The number of aromatic nitrogens is 1. The third-order valence-electron chi connectivity index (χ3n) is 1.83. The molecule has 2 aromatic rings. The van der Waals surface area contributed by atoms with Gasteiger partial charge in [0.05, 0.1) is 21.6 Å². The standard InChI is InChI=1S/C9H5BrFNO2/c10-9-5(11)3-12-6-1-4(13)2-7(14)8(6)9/h1-3,13-14H. The van der Waals surface area contributed by atoms with E-state index in [1.165, 1.54) is 6.07 Å². The maximum atomic E-state index is 13.0. The molecule has 1 aromatic carbocycles. The van der Waals surface area contributed by atoms with Crippen LogP contribution < -0.4 is 0 Å². The normalized spacial score (nSPS) is 10.7. The average molecular weight is 258 g/mol. The molecular weight excluding hydrogens is 253 g/mol. The Kier molecular flexibility index (Phi) is 2.03. The lowest BCUT2D eigenvalue weighted by atomic mass is 10.2. The number of pyridine rings is 1. The molecule has 0 atom stereocenters. The fourth-order valence-corrected chi connectivity index (χ4v) is 1.73. The molecule has 14 heavy (non-hydrogen) atoms. The molecule has 0 saturated carbocycles. The summed E-state index contributed by atoms with van der Waals surface area (Å²) in [7, 11) is 0. The smallest absolute Gasteiger partial charge is 0.156 e. The van der Waals surface area contributed by atoms with Gasteiger partial charge in [-0.3, -0.25) is 4.98 Å². The monoisotopic (exact) mass is 257 g/mol. The predicted molar refractivity (Wildman–Crippen MR) is 52.7 cm³/mol. The van der Waals surface area contributed by atoms with Gasteiger partial charge in [-0.1, -0.05) is 0 Å². The lowest BCUT2D eigenvalue weighted by Gasteiger charge is -2.04. The Balaban J connectivity index is 2.95. The molecule has 0 aliphatic heterocycles. The van der Waals surface area contributed by atoms with Crippen molar-refractivity contribution in [3.05, 3.63) is 28.6 Å². The average Bonchev–Trinajstić information content (AvgIpc) is 2.10. The first-order chi connectivity index (χ1) is 6.59. The quantitative estimate of drug-likeness (QED) is 0.763. The van der Waals surface area contributed by atoms with Crippen LogP contribution in [0.5, 0.6) is 11.5 Å². The van der Waals surface area contributed by atoms with Crippen LogP contribution in [0.3, 0.4) is 0 Å². The van der Waals surface area contributed by atoms with Crippen molar-refractivity contribution >= 4 is 26.8 Å². The number of hydrogen-bond donors (Lipinski definition) is 2. The predicted octanol–water partition coefficient (Wildman–Crippen LogP) is 2.55. The van der Waals surface area contributed by atoms with Crippen LogP contribution in [0.15, 0.2) is 22.8 Å². The van der Waals surface area contributed by atoms with Crippen LogP contribution in [0.25, 0.3) is 10.9 Å². The lowest BCUT2D eigenvalue weighted by molar-refractivity contribution is 0.454. The minimum atomic E-state index is -0.557. The molecule has 0 spiro atoms. The van der Waals surface area contributed by atoms with Gasteiger partial charge in [0.15, 0.2) is 5.82 Å². The second-order valence-electron chi connectivity index (χ2n) is 2.78. The molecule has 0 aliphatic carbocycles. The Morgan fingerprint density at radius 2 is 2.00 bits per heavy atom. The van der Waals surface area contributed by atoms with E-state index in [1.54, 1.807) is 0 Å². The lowest BCUT2D eigenvalue weighted by Crippen LogP contribution is -1.85. The second-order valence-corrected chi connectivity index (χ2v) is 3.57. The number of hydrogen-bond acceptors (Lipinski definition) is 3. The highest BCUT2D eigenvalue weighted by Gasteiger charge is 2.11. The van der Waals surface area contributed by atoms with E-state index in [0.717, 1.165) is 12.3 Å². The Bertz CT molecular complexity index is 516. The highest BCUT2D eigenvalue weighted by atomic mass is 79.9. The zero-order valence-electron chi connectivity index (χ0n) is 6.83. The SMILES string of the molecule is Oc1cc(O)c2c(Br)c(F)cnc2c1. The maximum absolute atomic E-state index is 13.0. The number of aromatic hydroxyl groups is 2. The van der Waals surface area contributed by atoms with Gasteiger partial charge >= 0.3 is 0 Å². The number of benzene rings is 1. The van der Waals surface area contributed by atoms with E-state index in [4.69, 9.17) is 5.11 Å². The zero-order chi connectivity index (χ0) is 10.3. The van der Waals surface area contributed by atoms with Crippen LogP contribution in [0.4, 0.5) is 4.39 Å². The van der Waals surface area contributed by atoms with Crippen molar-refractivity contribution in [2.45, 2.75) is 0 Å². The molecule has 0 aliphatic rings. The van der Waals surface area contributed by atoms with Gasteiger partial charge in [-0.2, -0.15) is 0 Å². The van der Waals surface area contributed by atoms with Crippen LogP contribution in [0.1, 0.15) is 0 Å². The summed E-state index contributed by atoms with van der Waals surface area (Å²) in [6.07, 6.45) is 1.02. The van der Waals surface area contributed by atoms with Crippen molar-refractivity contribution in [1.29, 1.82) is 0 Å². The van der Waals surface area contributed by atoms with Gasteiger partial charge in [0, 0.05) is 12.1 Å². The molecule has 1 aromatic heterocycles. The second kappa shape index (κ2) is 3.09. The Hall–Kier alpha value is -1.36. The number of nitrogens with zero attached hydrogens (tertiary/aromatic N) is 1. The number of phenols is 2. The van der Waals surface area contributed by atoms with Gasteiger partial charge in [0.1, 0.15) is 11.5 Å². The number of halogens is 2. The summed E-state index contributed by atoms with van der Waals surface area (Å²) in [5.74, 6) is -0.877. The Morgan fingerprint density at radius 3 is 2.71 bits per heavy atom. The highest BCUT2D eigenvalue weighted by molar-refractivity contribution is 9.10. The largest absolute Gasteiger partial charge is 0.508 e. The van der Waals surface area contributed by atoms with Crippen molar-refractivity contribution in [2.24, 2.45) is 0 Å². The van der Waals surface area contributed by atoms with E-state index < -0.39 is 5.82 Å². The fraction of sp³-hybridized carbons (Fsp3) is 0. The van der Waals surface area contributed by atoms with Crippen LogP contribution in [-0.2, 0) is 0 Å². The molecule has 0 radical (unpaired) electrons. The summed E-state index contributed by atoms with van der Waals surface area (Å²) in [4.78, 5) is 3.74. The number of phenolic OH excluding ortho intramolecular Hbond substituents is 2. The maximum Gasteiger partial charge on any atom is 0.156 e. The molecule has 1 heterocycles. The summed E-state index contributed by atoms with van der Waals surface area (Å²) in [5.41, 5.74) is 0.329. The summed E-state index contributed by atoms with van der Waals surface area (Å²) < 4.78 is 13.2. The van der Waals surface area contributed by atoms with Gasteiger partial charge in [0.25, 0.3) is 0 Å². The van der Waals surface area contributed by atoms with E-state index >= 15 is 0 Å². The minimum Gasteiger partial charge on any atom is -0.508 e. The van der Waals surface area contributed by atoms with Gasteiger partial charge in [0.2, 0.25) is 0 Å². The Labute approximate surface area is 87.0 Å². The van der Waals surface area contributed by atoms with Gasteiger partial charge in [-0.25, -0.2) is 4.39 Å². The number of rotatable bonds is 0. The fourth-order valence-electron chi connectivity index (χ4n) is 1.23. The van der Waals surface area contributed by atoms with E-state index in [1.807, 2.05) is 0 Å². The highest BCUT2D eigenvalue weighted by Crippen LogP contribution is 2.34. The minimum absolute atomic E-state index is 0.110. The molecule has 0 unspecified atom stereocenters. The van der Waals surface area contributed by atoms with Gasteiger partial charge in [-0.05, 0) is 15.9 Å². The van der Waals surface area contributed by atoms with Crippen molar-refractivity contribution in [2.75, 3.05) is 0 Å². The third kappa shape index (κ3) is 1.29. The summed E-state index contributed by atoms with van der Waals surface area (Å²) >= 11 is 3.00. The van der Waals surface area contributed by atoms with Gasteiger partial charge < -0.3 is 10.2 Å². The zero-order valence-corrected chi connectivity index (χ0v) is 8.42. The van der Waals surface area contributed by atoms with Gasteiger partial charge in [-0.15, -0.1) is 0 Å². The summed E-state index contributed by atoms with van der Waals surface area (Å²) in [5, 5.41) is 18.9. The molecule has 2 rings (SSSR count). The number of fused-ring (bicyclic) bond motifs is 1. The first-order valence-electron chi connectivity index (χ1n) is 3.75. The van der Waals surface area contributed by atoms with Crippen LogP contribution in [-0.4, -0.2) is 15.2 Å². The molecular formula is C9H5BrFNO2. The van der Waals surface area contributed by atoms with E-state index in [0.29, 0.717) is 5.52 Å². The topological polar surface area (TPSA) is 53.4 Å². The molecule has 0 amide bonds. The van der Waals surface area contributed by atoms with E-state index in [2.05, 4.69) is 20.9 Å². The first-order valence-corrected chi connectivity index (χ1v) is 4.54. The molecule has 5 heteroatoms.